The number of carbonyl (C=O) groups excluding carboxylic acids is 1. The molecule has 0 radical (unpaired) electrons. The van der Waals surface area contributed by atoms with Gasteiger partial charge in [-0.3, -0.25) is 9.69 Å². The quantitative estimate of drug-likeness (QED) is 0.141. The first-order valence-electron chi connectivity index (χ1n) is 14.2. The smallest absolute Gasteiger partial charge is 0.195 e. The third-order valence-corrected chi connectivity index (χ3v) is 10.0. The number of thioether (sulfide) groups is 1. The molecule has 3 heterocycles. The maximum absolute atomic E-state index is 13.9. The summed E-state index contributed by atoms with van der Waals surface area (Å²) in [6.07, 6.45) is 5.26. The van der Waals surface area contributed by atoms with Crippen LogP contribution < -0.4 is 4.74 Å². The van der Waals surface area contributed by atoms with E-state index in [2.05, 4.69) is 46.2 Å². The monoisotopic (exact) mass is 556 g/mol. The Morgan fingerprint density at radius 2 is 1.46 bits per heavy atom. The van der Waals surface area contributed by atoms with Gasteiger partial charge in [0.25, 0.3) is 0 Å². The van der Waals surface area contributed by atoms with Gasteiger partial charge in [-0.05, 0) is 112 Å². The molecule has 1 aromatic heterocycles. The fraction of sp³-hybridized carbons (Fsp3) is 0.364. The molecule has 0 bridgehead atoms. The molecule has 2 aliphatic rings. The molecule has 4 nitrogen and oxygen atoms in total. The van der Waals surface area contributed by atoms with Gasteiger partial charge in [0.15, 0.2) is 5.78 Å². The Labute approximate surface area is 240 Å². The molecule has 4 aromatic rings. The number of ketones is 1. The van der Waals surface area contributed by atoms with E-state index in [4.69, 9.17) is 4.74 Å². The lowest BCUT2D eigenvalue weighted by atomic mass is 9.97. The Hall–Kier alpha value is -2.64. The summed E-state index contributed by atoms with van der Waals surface area (Å²) in [5, 5.41) is 1.03. The zero-order valence-electron chi connectivity index (χ0n) is 22.4. The average molecular weight is 557 g/mol. The Balaban J connectivity index is 1.17. The number of fused-ring (bicyclic) bond motifs is 1. The first-order chi connectivity index (χ1) is 19.2. The van der Waals surface area contributed by atoms with Crippen molar-refractivity contribution in [1.82, 2.24) is 9.80 Å². The Kier molecular flexibility index (Phi) is 8.65. The summed E-state index contributed by atoms with van der Waals surface area (Å²) < 4.78 is 7.16. The lowest BCUT2D eigenvalue weighted by Gasteiger charge is -2.15. The summed E-state index contributed by atoms with van der Waals surface area (Å²) in [6.45, 7) is 7.67. The zero-order chi connectivity index (χ0) is 26.4. The fourth-order valence-corrected chi connectivity index (χ4v) is 7.74. The highest BCUT2D eigenvalue weighted by Crippen LogP contribution is 2.40. The minimum atomic E-state index is 0.0852. The van der Waals surface area contributed by atoms with Crippen molar-refractivity contribution in [3.05, 3.63) is 83.9 Å². The van der Waals surface area contributed by atoms with Crippen molar-refractivity contribution in [3.63, 3.8) is 0 Å². The highest BCUT2D eigenvalue weighted by Gasteiger charge is 2.21. The summed E-state index contributed by atoms with van der Waals surface area (Å²) in [4.78, 5) is 21.2. The average Bonchev–Trinajstić information content (AvgIpc) is 3.75. The van der Waals surface area contributed by atoms with Gasteiger partial charge in [0.2, 0.25) is 0 Å². The SMILES string of the molecule is O=C(c1ccc(SCCN2CCCC2)cc1)c1c(-c2ccc(OCCN3CCCC3)cc2)sc2ccccc12. The number of likely N-dealkylation sites (tertiary alicyclic amines) is 2. The van der Waals surface area contributed by atoms with Crippen LogP contribution in [0.1, 0.15) is 41.6 Å². The van der Waals surface area contributed by atoms with Crippen LogP contribution in [0.25, 0.3) is 20.5 Å². The van der Waals surface area contributed by atoms with Crippen LogP contribution in [0.5, 0.6) is 5.75 Å². The molecule has 2 saturated heterocycles. The number of hydrogen-bond acceptors (Lipinski definition) is 6. The predicted molar refractivity (Wildman–Crippen MR) is 165 cm³/mol. The van der Waals surface area contributed by atoms with Crippen molar-refractivity contribution >= 4 is 39.0 Å². The third kappa shape index (κ3) is 6.41. The molecular weight excluding hydrogens is 521 g/mol. The van der Waals surface area contributed by atoms with Gasteiger partial charge in [-0.15, -0.1) is 23.1 Å². The van der Waals surface area contributed by atoms with Crippen LogP contribution in [0.2, 0.25) is 0 Å². The number of carbonyl (C=O) groups is 1. The van der Waals surface area contributed by atoms with E-state index in [1.54, 1.807) is 11.3 Å². The summed E-state index contributed by atoms with van der Waals surface area (Å²) >= 11 is 3.57. The molecule has 2 fully saturated rings. The van der Waals surface area contributed by atoms with Crippen molar-refractivity contribution < 1.29 is 9.53 Å². The predicted octanol–water partition coefficient (Wildman–Crippen LogP) is 7.46. The summed E-state index contributed by atoms with van der Waals surface area (Å²) in [5.41, 5.74) is 2.60. The molecular formula is C33H36N2O2S2. The van der Waals surface area contributed by atoms with Crippen LogP contribution in [0.3, 0.4) is 0 Å². The molecule has 6 rings (SSSR count). The van der Waals surface area contributed by atoms with Gasteiger partial charge >= 0.3 is 0 Å². The van der Waals surface area contributed by atoms with E-state index < -0.39 is 0 Å². The van der Waals surface area contributed by atoms with E-state index in [1.807, 2.05) is 48.2 Å². The molecule has 0 saturated carbocycles. The molecule has 3 aromatic carbocycles. The van der Waals surface area contributed by atoms with Gasteiger partial charge < -0.3 is 9.64 Å². The summed E-state index contributed by atoms with van der Waals surface area (Å²) in [6, 6.07) is 24.7. The topological polar surface area (TPSA) is 32.8 Å². The van der Waals surface area contributed by atoms with Crippen molar-refractivity contribution in [2.45, 2.75) is 30.6 Å². The standard InChI is InChI=1S/C33H36N2O2S2/c36-32(25-11-15-28(16-12-25)38-24-22-35-19-5-6-20-35)31-29-7-1-2-8-30(29)39-33(31)26-9-13-27(14-10-26)37-23-21-34-17-3-4-18-34/h1-2,7-16H,3-6,17-24H2. The first kappa shape index (κ1) is 26.6. The second-order valence-electron chi connectivity index (χ2n) is 10.5. The second kappa shape index (κ2) is 12.7. The molecule has 2 aliphatic heterocycles. The highest BCUT2D eigenvalue weighted by atomic mass is 32.2. The Morgan fingerprint density at radius 3 is 2.18 bits per heavy atom. The summed E-state index contributed by atoms with van der Waals surface area (Å²) in [7, 11) is 0. The number of hydrogen-bond donors (Lipinski definition) is 0. The van der Waals surface area contributed by atoms with E-state index in [9.17, 15) is 4.79 Å². The number of rotatable bonds is 11. The summed E-state index contributed by atoms with van der Waals surface area (Å²) in [5.74, 6) is 2.05. The molecule has 0 amide bonds. The van der Waals surface area contributed by atoms with Gasteiger partial charge in [-0.1, -0.05) is 18.2 Å². The van der Waals surface area contributed by atoms with Crippen LogP contribution in [0.15, 0.2) is 77.7 Å². The van der Waals surface area contributed by atoms with E-state index in [0.717, 1.165) is 56.2 Å². The number of benzene rings is 3. The van der Waals surface area contributed by atoms with E-state index >= 15 is 0 Å². The fourth-order valence-electron chi connectivity index (χ4n) is 5.62. The molecule has 39 heavy (non-hydrogen) atoms. The van der Waals surface area contributed by atoms with Gasteiger partial charge in [-0.2, -0.15) is 0 Å². The molecule has 0 unspecified atom stereocenters. The molecule has 0 N–H and O–H groups in total. The maximum Gasteiger partial charge on any atom is 0.195 e. The van der Waals surface area contributed by atoms with Gasteiger partial charge in [0, 0.05) is 49.8 Å². The Morgan fingerprint density at radius 1 is 0.795 bits per heavy atom. The van der Waals surface area contributed by atoms with Crippen LogP contribution in [0, 0.1) is 0 Å². The minimum absolute atomic E-state index is 0.0852. The highest BCUT2D eigenvalue weighted by molar-refractivity contribution is 7.99. The molecule has 0 spiro atoms. The third-order valence-electron chi connectivity index (χ3n) is 7.81. The number of nitrogens with zero attached hydrogens (tertiary/aromatic N) is 2. The lowest BCUT2D eigenvalue weighted by molar-refractivity contribution is 0.104. The van der Waals surface area contributed by atoms with E-state index in [-0.39, 0.29) is 5.78 Å². The maximum atomic E-state index is 13.9. The largest absolute Gasteiger partial charge is 0.492 e. The van der Waals surface area contributed by atoms with Crippen LogP contribution in [-0.2, 0) is 0 Å². The van der Waals surface area contributed by atoms with E-state index in [1.165, 1.54) is 56.8 Å². The van der Waals surface area contributed by atoms with Crippen molar-refractivity contribution in [2.24, 2.45) is 0 Å². The van der Waals surface area contributed by atoms with Crippen molar-refractivity contribution in [2.75, 3.05) is 51.6 Å². The van der Waals surface area contributed by atoms with Gasteiger partial charge in [-0.25, -0.2) is 0 Å². The zero-order valence-corrected chi connectivity index (χ0v) is 24.1. The van der Waals surface area contributed by atoms with Crippen molar-refractivity contribution in [1.29, 1.82) is 0 Å². The molecule has 0 atom stereocenters. The van der Waals surface area contributed by atoms with Crippen LogP contribution >= 0.6 is 23.1 Å². The lowest BCUT2D eigenvalue weighted by Crippen LogP contribution is -2.25. The molecule has 0 aliphatic carbocycles. The second-order valence-corrected chi connectivity index (χ2v) is 12.7. The van der Waals surface area contributed by atoms with Crippen LogP contribution in [0.4, 0.5) is 0 Å². The normalized spacial score (nSPS) is 16.3. The van der Waals surface area contributed by atoms with E-state index in [0.29, 0.717) is 6.61 Å². The molecule has 202 valence electrons. The van der Waals surface area contributed by atoms with Crippen LogP contribution in [-0.4, -0.2) is 67.2 Å². The minimum Gasteiger partial charge on any atom is -0.492 e. The van der Waals surface area contributed by atoms with Crippen molar-refractivity contribution in [3.8, 4) is 16.2 Å². The Bertz CT molecular complexity index is 1390. The number of thiophene rings is 1. The first-order valence-corrected chi connectivity index (χ1v) is 16.0. The van der Waals surface area contributed by atoms with Gasteiger partial charge in [0.05, 0.1) is 0 Å². The molecule has 6 heteroatoms. The number of ether oxygens (including phenoxy) is 1. The van der Waals surface area contributed by atoms with Gasteiger partial charge in [0.1, 0.15) is 12.4 Å².